The van der Waals surface area contributed by atoms with E-state index in [1.165, 1.54) is 44.6 Å². The second kappa shape index (κ2) is 16.1. The molecule has 2 N–H and O–H groups in total. The zero-order valence-corrected chi connectivity index (χ0v) is 12.5. The van der Waals surface area contributed by atoms with Crippen molar-refractivity contribution < 1.29 is 19.8 Å². The van der Waals surface area contributed by atoms with Crippen molar-refractivity contribution >= 4 is 41.5 Å². The average Bonchev–Trinajstić information content (AvgIpc) is 2.39. The molecule has 0 bridgehead atoms. The monoisotopic (exact) mass is 308 g/mol. The summed E-state index contributed by atoms with van der Waals surface area (Å²) in [6.07, 6.45) is 13.7. The van der Waals surface area contributed by atoms with Crippen molar-refractivity contribution in [2.24, 2.45) is 5.92 Å². The summed E-state index contributed by atoms with van der Waals surface area (Å²) in [6, 6.07) is 0. The van der Waals surface area contributed by atoms with Gasteiger partial charge in [-0.2, -0.15) is 0 Å². The fourth-order valence-corrected chi connectivity index (χ4v) is 2.08. The summed E-state index contributed by atoms with van der Waals surface area (Å²) in [5.74, 6) is -3.05. The summed E-state index contributed by atoms with van der Waals surface area (Å²) >= 11 is 0. The first-order valence-electron chi connectivity index (χ1n) is 7.69. The molecule has 1 atom stereocenters. The predicted octanol–water partition coefficient (Wildman–Crippen LogP) is 3.60. The molecule has 0 aliphatic heterocycles. The van der Waals surface area contributed by atoms with E-state index >= 15 is 0 Å². The third-order valence-electron chi connectivity index (χ3n) is 3.30. The Hall–Kier alpha value is -0.320. The molecule has 0 spiro atoms. The predicted molar refractivity (Wildman–Crippen MR) is 86.9 cm³/mol. The summed E-state index contributed by atoms with van der Waals surface area (Å²) in [5.41, 5.74) is 0. The first-order valence-corrected chi connectivity index (χ1v) is 7.69. The van der Waals surface area contributed by atoms with Crippen molar-refractivity contribution in [1.82, 2.24) is 0 Å². The van der Waals surface area contributed by atoms with Crippen molar-refractivity contribution in [2.45, 2.75) is 71.1 Å². The van der Waals surface area contributed by atoms with Gasteiger partial charge in [-0.25, -0.2) is 0 Å². The van der Waals surface area contributed by atoms with Crippen LogP contribution in [0.2, 0.25) is 0 Å². The van der Waals surface area contributed by atoms with Gasteiger partial charge in [-0.1, -0.05) is 64.0 Å². The Bertz CT molecular complexity index is 303. The second-order valence-electron chi connectivity index (χ2n) is 5.23. The summed E-state index contributed by atoms with van der Waals surface area (Å²) < 4.78 is 0. The van der Waals surface area contributed by atoms with E-state index in [0.29, 0.717) is 0 Å². The number of allylic oxidation sites excluding steroid dienone is 1. The zero-order chi connectivity index (χ0) is 15.2. The number of carbonyl (C=O) groups is 2. The molecule has 0 aromatic carbocycles. The third kappa shape index (κ3) is 15.9. The second-order valence-corrected chi connectivity index (χ2v) is 5.23. The minimum atomic E-state index is -1.07. The van der Waals surface area contributed by atoms with Crippen LogP contribution >= 0.6 is 0 Å². The number of carboxylic acid groups (broad SMARTS) is 2. The first-order chi connectivity index (χ1) is 9.57. The normalized spacial score (nSPS) is 12.0. The summed E-state index contributed by atoms with van der Waals surface area (Å²) in [4.78, 5) is 21.3. The Morgan fingerprint density at radius 1 is 0.952 bits per heavy atom. The van der Waals surface area contributed by atoms with Crippen LogP contribution in [0.25, 0.3) is 0 Å². The molecule has 118 valence electrons. The van der Waals surface area contributed by atoms with E-state index in [2.05, 4.69) is 6.92 Å². The van der Waals surface area contributed by atoms with E-state index < -0.39 is 17.9 Å². The maximum atomic E-state index is 10.8. The molecule has 21 heavy (non-hydrogen) atoms. The molecule has 0 saturated carbocycles. The van der Waals surface area contributed by atoms with Gasteiger partial charge in [0.25, 0.3) is 0 Å². The molecule has 0 amide bonds. The van der Waals surface area contributed by atoms with Crippen LogP contribution in [-0.2, 0) is 9.59 Å². The molecular formula is C16H29NaO4. The molecule has 0 saturated heterocycles. The van der Waals surface area contributed by atoms with Gasteiger partial charge < -0.3 is 10.2 Å². The van der Waals surface area contributed by atoms with E-state index in [4.69, 9.17) is 10.2 Å². The van der Waals surface area contributed by atoms with Crippen molar-refractivity contribution in [2.75, 3.05) is 0 Å². The van der Waals surface area contributed by atoms with Crippen LogP contribution in [0.5, 0.6) is 0 Å². The number of carboxylic acids is 2. The molecular weight excluding hydrogens is 279 g/mol. The number of aliphatic carboxylic acids is 2. The van der Waals surface area contributed by atoms with Crippen LogP contribution in [0.3, 0.4) is 0 Å². The molecule has 0 aliphatic carbocycles. The maximum absolute atomic E-state index is 10.8. The van der Waals surface area contributed by atoms with Gasteiger partial charge in [-0.15, -0.1) is 0 Å². The minimum absolute atomic E-state index is 0. The topological polar surface area (TPSA) is 74.6 Å². The molecule has 0 rings (SSSR count). The Morgan fingerprint density at radius 3 is 1.95 bits per heavy atom. The van der Waals surface area contributed by atoms with Gasteiger partial charge >= 0.3 is 41.5 Å². The molecule has 0 aliphatic rings. The van der Waals surface area contributed by atoms with Gasteiger partial charge in [-0.3, -0.25) is 9.59 Å². The number of unbranched alkanes of at least 4 members (excludes halogenated alkanes) is 8. The fourth-order valence-electron chi connectivity index (χ4n) is 2.08. The average molecular weight is 308 g/mol. The Balaban J connectivity index is 0. The van der Waals surface area contributed by atoms with Crippen molar-refractivity contribution in [3.8, 4) is 0 Å². The first kappa shape index (κ1) is 23.0. The van der Waals surface area contributed by atoms with Crippen molar-refractivity contribution in [3.05, 3.63) is 12.2 Å². The fraction of sp³-hybridized carbons (Fsp3) is 0.750. The van der Waals surface area contributed by atoms with Crippen LogP contribution in [0.4, 0.5) is 0 Å². The SMILES string of the molecule is CCCCCCCCCCC=CC(CC(=O)O)C(=O)O.[NaH]. The summed E-state index contributed by atoms with van der Waals surface area (Å²) in [7, 11) is 0. The van der Waals surface area contributed by atoms with Crippen molar-refractivity contribution in [3.63, 3.8) is 0 Å². The van der Waals surface area contributed by atoms with Crippen LogP contribution in [0, 0.1) is 5.92 Å². The van der Waals surface area contributed by atoms with Crippen molar-refractivity contribution in [1.29, 1.82) is 0 Å². The van der Waals surface area contributed by atoms with Gasteiger partial charge in [0.05, 0.1) is 12.3 Å². The van der Waals surface area contributed by atoms with E-state index in [0.717, 1.165) is 19.3 Å². The van der Waals surface area contributed by atoms with E-state index in [-0.39, 0.29) is 36.0 Å². The Kier molecular flexibility index (Phi) is 17.6. The number of hydrogen-bond acceptors (Lipinski definition) is 2. The molecule has 5 heteroatoms. The Labute approximate surface area is 150 Å². The molecule has 0 aromatic heterocycles. The summed E-state index contributed by atoms with van der Waals surface area (Å²) in [5, 5.41) is 17.4. The van der Waals surface area contributed by atoms with Crippen LogP contribution in [0.1, 0.15) is 71.1 Å². The molecule has 0 radical (unpaired) electrons. The zero-order valence-electron chi connectivity index (χ0n) is 12.5. The van der Waals surface area contributed by atoms with E-state index in [1.807, 2.05) is 0 Å². The standard InChI is InChI=1S/C16H28O4.Na.H/c1-2-3-4-5-6-7-8-9-10-11-12-14(16(19)20)13-15(17)18;;/h11-12,14H,2-10,13H2,1H3,(H,17,18)(H,19,20);;. The van der Waals surface area contributed by atoms with Crippen LogP contribution < -0.4 is 0 Å². The molecule has 0 fully saturated rings. The van der Waals surface area contributed by atoms with Gasteiger partial charge in [-0.05, 0) is 12.8 Å². The van der Waals surface area contributed by atoms with Gasteiger partial charge in [0.1, 0.15) is 0 Å². The van der Waals surface area contributed by atoms with Gasteiger partial charge in [0, 0.05) is 0 Å². The molecule has 4 nitrogen and oxygen atoms in total. The third-order valence-corrected chi connectivity index (χ3v) is 3.30. The van der Waals surface area contributed by atoms with Gasteiger partial charge in [0.15, 0.2) is 0 Å². The van der Waals surface area contributed by atoms with Gasteiger partial charge in [0.2, 0.25) is 0 Å². The summed E-state index contributed by atoms with van der Waals surface area (Å²) in [6.45, 7) is 2.21. The van der Waals surface area contributed by atoms with Crippen LogP contribution in [-0.4, -0.2) is 51.7 Å². The quantitative estimate of drug-likeness (QED) is 0.310. The Morgan fingerprint density at radius 2 is 1.48 bits per heavy atom. The number of hydrogen-bond donors (Lipinski definition) is 2. The van der Waals surface area contributed by atoms with E-state index in [9.17, 15) is 9.59 Å². The molecule has 0 heterocycles. The van der Waals surface area contributed by atoms with Crippen LogP contribution in [0.15, 0.2) is 12.2 Å². The molecule has 1 unspecified atom stereocenters. The number of rotatable bonds is 13. The molecule has 0 aromatic rings. The van der Waals surface area contributed by atoms with E-state index in [1.54, 1.807) is 6.08 Å².